The lowest BCUT2D eigenvalue weighted by Gasteiger charge is -2.41. The lowest BCUT2D eigenvalue weighted by molar-refractivity contribution is 0.121. The Kier molecular flexibility index (Phi) is 4.41. The molecule has 0 spiro atoms. The van der Waals surface area contributed by atoms with Crippen molar-refractivity contribution in [2.75, 3.05) is 38.7 Å². The molecule has 7 heteroatoms. The predicted molar refractivity (Wildman–Crippen MR) is 113 cm³/mol. The van der Waals surface area contributed by atoms with E-state index in [2.05, 4.69) is 33.5 Å². The normalized spacial score (nSPS) is 18.6. The van der Waals surface area contributed by atoms with E-state index in [-0.39, 0.29) is 6.04 Å². The monoisotopic (exact) mass is 411 g/mol. The van der Waals surface area contributed by atoms with Crippen LogP contribution in [0.4, 0.5) is 10.5 Å². The highest BCUT2D eigenvalue weighted by Crippen LogP contribution is 2.45. The largest absolute Gasteiger partial charge is 0.513 e. The Labute approximate surface area is 174 Å². The number of aromatic nitrogens is 1. The maximum absolute atomic E-state index is 12.1. The van der Waals surface area contributed by atoms with Crippen molar-refractivity contribution in [3.63, 3.8) is 0 Å². The molecule has 2 aliphatic heterocycles. The number of benzene rings is 2. The summed E-state index contributed by atoms with van der Waals surface area (Å²) in [4.78, 5) is 16.8. The van der Waals surface area contributed by atoms with E-state index in [9.17, 15) is 4.79 Å². The number of rotatable bonds is 1. The van der Waals surface area contributed by atoms with Gasteiger partial charge >= 0.3 is 6.16 Å². The van der Waals surface area contributed by atoms with Gasteiger partial charge in [0, 0.05) is 35.7 Å². The van der Waals surface area contributed by atoms with Gasteiger partial charge in [0.15, 0.2) is 5.75 Å². The number of methoxy groups -OCH3 is 1. The Morgan fingerprint density at radius 1 is 1.17 bits per heavy atom. The lowest BCUT2D eigenvalue weighted by atomic mass is 10.1. The second-order valence-electron chi connectivity index (χ2n) is 7.62. The molecule has 1 saturated heterocycles. The Morgan fingerprint density at radius 2 is 2.00 bits per heavy atom. The van der Waals surface area contributed by atoms with Crippen molar-refractivity contribution in [1.82, 2.24) is 9.47 Å². The first kappa shape index (κ1) is 18.3. The van der Waals surface area contributed by atoms with Gasteiger partial charge in [0.2, 0.25) is 0 Å². The summed E-state index contributed by atoms with van der Waals surface area (Å²) in [6, 6.07) is 14.1. The fourth-order valence-electron chi connectivity index (χ4n) is 4.58. The highest BCUT2D eigenvalue weighted by molar-refractivity contribution is 6.30. The number of hydrogen-bond donors (Lipinski definition) is 0. The van der Waals surface area contributed by atoms with Crippen molar-refractivity contribution < 1.29 is 14.3 Å². The number of ether oxygens (including phenoxy) is 2. The Bertz CT molecular complexity index is 1110. The van der Waals surface area contributed by atoms with Gasteiger partial charge in [0.1, 0.15) is 0 Å². The third-order valence-electron chi connectivity index (χ3n) is 5.90. The van der Waals surface area contributed by atoms with Gasteiger partial charge in [-0.1, -0.05) is 29.8 Å². The van der Waals surface area contributed by atoms with Crippen molar-refractivity contribution in [3.8, 4) is 5.75 Å². The molecule has 0 N–H and O–H groups in total. The minimum absolute atomic E-state index is 0.0283. The van der Waals surface area contributed by atoms with Crippen LogP contribution in [0.1, 0.15) is 17.3 Å². The van der Waals surface area contributed by atoms with Crippen LogP contribution in [0.15, 0.2) is 42.5 Å². The summed E-state index contributed by atoms with van der Waals surface area (Å²) in [6.07, 6.45) is -0.704. The van der Waals surface area contributed by atoms with E-state index in [4.69, 9.17) is 21.1 Å². The number of carbonyl (C=O) groups is 1. The number of carbonyl (C=O) groups excluding carboxylic acids is 1. The first-order valence-corrected chi connectivity index (χ1v) is 10.0. The molecule has 0 radical (unpaired) electrons. The van der Waals surface area contributed by atoms with Crippen LogP contribution in [0.3, 0.4) is 0 Å². The lowest BCUT2D eigenvalue weighted by Crippen LogP contribution is -2.47. The fraction of sp³-hybridized carbons (Fsp3) is 0.318. The zero-order valence-electron chi connectivity index (χ0n) is 16.4. The number of nitrogens with zero attached hydrogens (tertiary/aromatic N) is 3. The number of para-hydroxylation sites is 1. The molecule has 0 amide bonds. The van der Waals surface area contributed by atoms with Gasteiger partial charge in [0.25, 0.3) is 0 Å². The molecule has 29 heavy (non-hydrogen) atoms. The maximum Gasteiger partial charge on any atom is 0.513 e. The van der Waals surface area contributed by atoms with Gasteiger partial charge in [-0.2, -0.15) is 0 Å². The molecule has 2 aromatic carbocycles. The zero-order valence-corrected chi connectivity index (χ0v) is 17.1. The van der Waals surface area contributed by atoms with Gasteiger partial charge < -0.3 is 23.8 Å². The number of hydrogen-bond acceptors (Lipinski definition) is 5. The Hall–Kier alpha value is -2.70. The first-order valence-electron chi connectivity index (χ1n) is 9.67. The molecule has 1 aromatic heterocycles. The zero-order chi connectivity index (χ0) is 20.1. The van der Waals surface area contributed by atoms with E-state index in [0.717, 1.165) is 46.9 Å². The summed E-state index contributed by atoms with van der Waals surface area (Å²) in [7, 11) is 3.45. The predicted octanol–water partition coefficient (Wildman–Crippen LogP) is 4.29. The smallest absolute Gasteiger partial charge is 0.437 e. The molecule has 3 aromatic rings. The maximum atomic E-state index is 12.1. The fourth-order valence-corrected chi connectivity index (χ4v) is 4.74. The highest BCUT2D eigenvalue weighted by atomic mass is 35.5. The third-order valence-corrected chi connectivity index (χ3v) is 6.13. The van der Waals surface area contributed by atoms with Crippen LogP contribution >= 0.6 is 11.6 Å². The van der Waals surface area contributed by atoms with Gasteiger partial charge in [-0.25, -0.2) is 4.79 Å². The summed E-state index contributed by atoms with van der Waals surface area (Å²) in [6.45, 7) is 3.33. The molecule has 6 nitrogen and oxygen atoms in total. The van der Waals surface area contributed by atoms with Gasteiger partial charge in [-0.15, -0.1) is 0 Å². The average molecular weight is 412 g/mol. The Balaban J connectivity index is 1.79. The molecule has 1 atom stereocenters. The molecule has 0 saturated carbocycles. The van der Waals surface area contributed by atoms with E-state index < -0.39 is 6.16 Å². The van der Waals surface area contributed by atoms with Crippen molar-refractivity contribution in [2.24, 2.45) is 0 Å². The van der Waals surface area contributed by atoms with Crippen LogP contribution in [-0.2, 0) is 11.3 Å². The summed E-state index contributed by atoms with van der Waals surface area (Å²) >= 11 is 6.36. The highest BCUT2D eigenvalue weighted by Gasteiger charge is 2.37. The minimum atomic E-state index is -0.704. The topological polar surface area (TPSA) is 46.9 Å². The summed E-state index contributed by atoms with van der Waals surface area (Å²) in [5.41, 5.74) is 4.38. The van der Waals surface area contributed by atoms with E-state index in [1.54, 1.807) is 0 Å². The molecule has 1 unspecified atom stereocenters. The molecular weight excluding hydrogens is 390 g/mol. The van der Waals surface area contributed by atoms with Crippen molar-refractivity contribution in [2.45, 2.75) is 12.6 Å². The van der Waals surface area contributed by atoms with E-state index in [0.29, 0.717) is 12.3 Å². The molecule has 2 aliphatic rings. The SMILES string of the molecule is COC(=O)Oc1c2n(c3ccccc13)Cc1ccc(Cl)cc1N1CCN(C)CC21. The number of anilines is 1. The van der Waals surface area contributed by atoms with Gasteiger partial charge in [0.05, 0.1) is 30.9 Å². The second-order valence-corrected chi connectivity index (χ2v) is 8.05. The minimum Gasteiger partial charge on any atom is -0.437 e. The number of halogens is 1. The molecule has 3 heterocycles. The quantitative estimate of drug-likeness (QED) is 0.559. The van der Waals surface area contributed by atoms with Crippen LogP contribution in [0.25, 0.3) is 10.9 Å². The van der Waals surface area contributed by atoms with Crippen LogP contribution in [-0.4, -0.2) is 49.4 Å². The van der Waals surface area contributed by atoms with E-state index in [1.807, 2.05) is 30.3 Å². The first-order chi connectivity index (χ1) is 14.1. The molecule has 5 rings (SSSR count). The Morgan fingerprint density at radius 3 is 2.83 bits per heavy atom. The number of fused-ring (bicyclic) bond motifs is 7. The second kappa shape index (κ2) is 6.97. The van der Waals surface area contributed by atoms with Crippen molar-refractivity contribution >= 4 is 34.3 Å². The van der Waals surface area contributed by atoms with Crippen LogP contribution in [0.5, 0.6) is 5.75 Å². The van der Waals surface area contributed by atoms with E-state index >= 15 is 0 Å². The molecule has 0 bridgehead atoms. The van der Waals surface area contributed by atoms with Crippen LogP contribution < -0.4 is 9.64 Å². The standard InChI is InChI=1S/C22H22ClN3O3/c1-24-9-10-25-18-11-15(23)8-7-14(18)12-26-17-6-4-3-5-16(17)21(29-22(27)28-2)20(26)19(25)13-24/h3-8,11,19H,9-10,12-13H2,1-2H3. The molecule has 150 valence electrons. The van der Waals surface area contributed by atoms with E-state index in [1.165, 1.54) is 12.7 Å². The summed E-state index contributed by atoms with van der Waals surface area (Å²) in [5.74, 6) is 0.580. The van der Waals surface area contributed by atoms with Crippen molar-refractivity contribution in [3.05, 3.63) is 58.7 Å². The molecule has 0 aliphatic carbocycles. The molecular formula is C22H22ClN3O3. The number of piperazine rings is 1. The summed E-state index contributed by atoms with van der Waals surface area (Å²) in [5, 5.41) is 1.64. The van der Waals surface area contributed by atoms with Gasteiger partial charge in [-0.3, -0.25) is 0 Å². The molecule has 1 fully saturated rings. The van der Waals surface area contributed by atoms with Crippen LogP contribution in [0, 0.1) is 0 Å². The summed E-state index contributed by atoms with van der Waals surface area (Å²) < 4.78 is 12.8. The van der Waals surface area contributed by atoms with Crippen molar-refractivity contribution in [1.29, 1.82) is 0 Å². The average Bonchev–Trinajstić information content (AvgIpc) is 2.94. The third kappa shape index (κ3) is 2.94. The number of likely N-dealkylation sites (N-methyl/N-ethyl adjacent to an activating group) is 1. The van der Waals surface area contributed by atoms with Gasteiger partial charge in [-0.05, 0) is 36.9 Å². The van der Waals surface area contributed by atoms with Crippen LogP contribution in [0.2, 0.25) is 5.02 Å².